The maximum absolute atomic E-state index is 2.43. The molecular weight excluding hydrogens is 288 g/mol. The molecule has 0 N–H and O–H groups in total. The summed E-state index contributed by atoms with van der Waals surface area (Å²) in [6.45, 7) is 0. The molecule has 0 aromatic heterocycles. The Labute approximate surface area is 142 Å². The Kier molecular flexibility index (Phi) is 3.16. The molecule has 24 heavy (non-hydrogen) atoms. The fourth-order valence-electron chi connectivity index (χ4n) is 4.45. The SMILES string of the molecule is C1=c2ccc3c(c2C(c2ccccc2)CC1)CC=c1ccccc1=3. The molecule has 0 fully saturated rings. The summed E-state index contributed by atoms with van der Waals surface area (Å²) in [6, 6.07) is 24.5. The molecule has 5 rings (SSSR count). The van der Waals surface area contributed by atoms with E-state index in [0.29, 0.717) is 5.92 Å². The van der Waals surface area contributed by atoms with Crippen LogP contribution in [0.1, 0.15) is 35.4 Å². The summed E-state index contributed by atoms with van der Waals surface area (Å²) >= 11 is 0. The van der Waals surface area contributed by atoms with E-state index in [2.05, 4.69) is 78.9 Å². The fraction of sp³-hybridized carbons (Fsp3) is 0.167. The van der Waals surface area contributed by atoms with Gasteiger partial charge < -0.3 is 0 Å². The number of benzene rings is 3. The molecule has 2 aliphatic rings. The van der Waals surface area contributed by atoms with Crippen LogP contribution in [0.4, 0.5) is 0 Å². The highest BCUT2D eigenvalue weighted by Gasteiger charge is 2.22. The minimum Gasteiger partial charge on any atom is -0.0769 e. The zero-order valence-electron chi connectivity index (χ0n) is 13.7. The molecule has 0 saturated heterocycles. The summed E-state index contributed by atoms with van der Waals surface area (Å²) in [4.78, 5) is 0. The predicted molar refractivity (Wildman–Crippen MR) is 100.0 cm³/mol. The summed E-state index contributed by atoms with van der Waals surface area (Å²) in [5, 5.41) is 5.64. The van der Waals surface area contributed by atoms with Gasteiger partial charge in [-0.2, -0.15) is 0 Å². The van der Waals surface area contributed by atoms with Crippen LogP contribution < -0.4 is 10.4 Å². The average molecular weight is 308 g/mol. The summed E-state index contributed by atoms with van der Waals surface area (Å²) in [5.41, 5.74) is 4.56. The average Bonchev–Trinajstić information content (AvgIpc) is 2.67. The van der Waals surface area contributed by atoms with Crippen LogP contribution in [-0.4, -0.2) is 0 Å². The first kappa shape index (κ1) is 13.8. The van der Waals surface area contributed by atoms with Crippen LogP contribution in [0.3, 0.4) is 0 Å². The first-order valence-corrected chi connectivity index (χ1v) is 8.88. The van der Waals surface area contributed by atoms with Gasteiger partial charge in [-0.25, -0.2) is 0 Å². The molecule has 3 aromatic rings. The second-order valence-electron chi connectivity index (χ2n) is 6.83. The van der Waals surface area contributed by atoms with Crippen LogP contribution in [0.2, 0.25) is 0 Å². The van der Waals surface area contributed by atoms with Crippen molar-refractivity contribution in [3.63, 3.8) is 0 Å². The van der Waals surface area contributed by atoms with Gasteiger partial charge in [-0.15, -0.1) is 0 Å². The fourth-order valence-corrected chi connectivity index (χ4v) is 4.45. The van der Waals surface area contributed by atoms with Crippen molar-refractivity contribution in [3.8, 4) is 0 Å². The summed E-state index contributed by atoms with van der Waals surface area (Å²) in [6.07, 6.45) is 8.26. The number of fused-ring (bicyclic) bond motifs is 4. The van der Waals surface area contributed by atoms with E-state index in [1.807, 2.05) is 0 Å². The van der Waals surface area contributed by atoms with Crippen LogP contribution in [0.15, 0.2) is 66.7 Å². The van der Waals surface area contributed by atoms with E-state index in [-0.39, 0.29) is 0 Å². The monoisotopic (exact) mass is 308 g/mol. The molecule has 1 unspecified atom stereocenters. The molecule has 116 valence electrons. The Balaban J connectivity index is 1.88. The van der Waals surface area contributed by atoms with Gasteiger partial charge in [0.15, 0.2) is 0 Å². The van der Waals surface area contributed by atoms with Crippen LogP contribution in [0, 0.1) is 10.4 Å². The molecule has 0 spiro atoms. The Morgan fingerprint density at radius 2 is 1.50 bits per heavy atom. The van der Waals surface area contributed by atoms with Crippen LogP contribution in [0.5, 0.6) is 0 Å². The molecule has 0 radical (unpaired) electrons. The van der Waals surface area contributed by atoms with E-state index in [0.717, 1.165) is 6.42 Å². The quantitative estimate of drug-likeness (QED) is 0.637. The van der Waals surface area contributed by atoms with Crippen molar-refractivity contribution in [2.75, 3.05) is 0 Å². The summed E-state index contributed by atoms with van der Waals surface area (Å²) in [7, 11) is 0. The number of hydrogen-bond donors (Lipinski definition) is 0. The van der Waals surface area contributed by atoms with Crippen molar-refractivity contribution >= 4 is 12.2 Å². The van der Waals surface area contributed by atoms with E-state index in [4.69, 9.17) is 0 Å². The molecule has 2 aliphatic carbocycles. The van der Waals surface area contributed by atoms with Gasteiger partial charge in [0.05, 0.1) is 0 Å². The van der Waals surface area contributed by atoms with Crippen molar-refractivity contribution in [3.05, 3.63) is 104 Å². The van der Waals surface area contributed by atoms with Crippen molar-refractivity contribution in [1.82, 2.24) is 0 Å². The summed E-state index contributed by atoms with van der Waals surface area (Å²) in [5.74, 6) is 0.528. The summed E-state index contributed by atoms with van der Waals surface area (Å²) < 4.78 is 0. The lowest BCUT2D eigenvalue weighted by Gasteiger charge is -2.25. The molecule has 0 nitrogen and oxygen atoms in total. The van der Waals surface area contributed by atoms with Crippen molar-refractivity contribution < 1.29 is 0 Å². The Morgan fingerprint density at radius 3 is 2.42 bits per heavy atom. The standard InChI is InChI=1S/C24H20/c1-2-7-17(8-3-1)21-12-6-10-19-14-15-22-20-11-5-4-9-18(20)13-16-23(22)24(19)21/h1-5,7-11,13-15,21H,6,12,16H2. The molecule has 1 atom stereocenters. The van der Waals surface area contributed by atoms with Gasteiger partial charge >= 0.3 is 0 Å². The third kappa shape index (κ3) is 2.06. The van der Waals surface area contributed by atoms with E-state index in [1.54, 1.807) is 5.56 Å². The lowest BCUT2D eigenvalue weighted by Crippen LogP contribution is -2.23. The first-order valence-electron chi connectivity index (χ1n) is 8.88. The van der Waals surface area contributed by atoms with Crippen LogP contribution in [0.25, 0.3) is 12.2 Å². The minimum absolute atomic E-state index is 0.528. The molecule has 0 heteroatoms. The third-order valence-corrected chi connectivity index (χ3v) is 5.54. The minimum atomic E-state index is 0.528. The van der Waals surface area contributed by atoms with Crippen molar-refractivity contribution in [1.29, 1.82) is 0 Å². The van der Waals surface area contributed by atoms with Crippen molar-refractivity contribution in [2.45, 2.75) is 25.2 Å². The Morgan fingerprint density at radius 1 is 0.667 bits per heavy atom. The van der Waals surface area contributed by atoms with Crippen LogP contribution >= 0.6 is 0 Å². The second kappa shape index (κ2) is 5.49. The van der Waals surface area contributed by atoms with Crippen molar-refractivity contribution in [2.24, 2.45) is 0 Å². The molecule has 0 amide bonds. The highest BCUT2D eigenvalue weighted by atomic mass is 14.3. The predicted octanol–water partition coefficient (Wildman–Crippen LogP) is 4.02. The van der Waals surface area contributed by atoms with Gasteiger partial charge in [0.2, 0.25) is 0 Å². The molecule has 0 bridgehead atoms. The van der Waals surface area contributed by atoms with E-state index < -0.39 is 0 Å². The Bertz CT molecular complexity index is 1120. The van der Waals surface area contributed by atoms with Gasteiger partial charge in [-0.3, -0.25) is 0 Å². The topological polar surface area (TPSA) is 0 Å². The molecule has 0 saturated carbocycles. The lowest BCUT2D eigenvalue weighted by molar-refractivity contribution is 0.712. The van der Waals surface area contributed by atoms with E-state index >= 15 is 0 Å². The van der Waals surface area contributed by atoms with Gasteiger partial charge in [0.25, 0.3) is 0 Å². The van der Waals surface area contributed by atoms with E-state index in [1.165, 1.54) is 44.8 Å². The highest BCUT2D eigenvalue weighted by Crippen LogP contribution is 2.33. The van der Waals surface area contributed by atoms with E-state index in [9.17, 15) is 0 Å². The maximum Gasteiger partial charge on any atom is 0.0101 e. The van der Waals surface area contributed by atoms with Gasteiger partial charge in [0.1, 0.15) is 0 Å². The molecular formula is C24H20. The maximum atomic E-state index is 2.43. The first-order chi connectivity index (χ1) is 11.9. The second-order valence-corrected chi connectivity index (χ2v) is 6.83. The molecule has 0 heterocycles. The third-order valence-electron chi connectivity index (χ3n) is 5.54. The van der Waals surface area contributed by atoms with Crippen LogP contribution in [-0.2, 0) is 6.42 Å². The zero-order valence-corrected chi connectivity index (χ0v) is 13.7. The zero-order chi connectivity index (χ0) is 15.9. The van der Waals surface area contributed by atoms with Gasteiger partial charge in [-0.05, 0) is 56.8 Å². The highest BCUT2D eigenvalue weighted by molar-refractivity contribution is 5.51. The largest absolute Gasteiger partial charge is 0.0769 e. The molecule has 3 aromatic carbocycles. The van der Waals surface area contributed by atoms with Gasteiger partial charge in [0, 0.05) is 5.92 Å². The number of hydrogen-bond acceptors (Lipinski definition) is 0. The Hall–Kier alpha value is -2.60. The number of rotatable bonds is 1. The molecule has 0 aliphatic heterocycles. The normalized spacial score (nSPS) is 17.8. The smallest absolute Gasteiger partial charge is 0.0101 e. The lowest BCUT2D eigenvalue weighted by atomic mass is 9.78. The van der Waals surface area contributed by atoms with Gasteiger partial charge in [-0.1, -0.05) is 78.9 Å².